The molecule has 1 N–H and O–H groups in total. The molecule has 0 fully saturated rings. The molecule has 0 bridgehead atoms. The number of aliphatic hydroxyl groups excluding tert-OH is 1. The lowest BCUT2D eigenvalue weighted by molar-refractivity contribution is -0.0296. The van der Waals surface area contributed by atoms with Gasteiger partial charge in [0.1, 0.15) is 11.3 Å². The maximum absolute atomic E-state index is 11.8. The van der Waals surface area contributed by atoms with Crippen LogP contribution in [0.15, 0.2) is 36.1 Å². The zero-order valence-electron chi connectivity index (χ0n) is 8.14. The lowest BCUT2D eigenvalue weighted by Gasteiger charge is -2.25. The van der Waals surface area contributed by atoms with Gasteiger partial charge in [0, 0.05) is 7.11 Å². The van der Waals surface area contributed by atoms with Crippen molar-refractivity contribution in [3.8, 4) is 5.75 Å². The molecule has 0 spiro atoms. The van der Waals surface area contributed by atoms with Crippen LogP contribution in [0.1, 0.15) is 10.4 Å². The van der Waals surface area contributed by atoms with E-state index in [4.69, 9.17) is 14.6 Å². The fourth-order valence-corrected chi connectivity index (χ4v) is 1.49. The highest BCUT2D eigenvalue weighted by molar-refractivity contribution is 6.11. The Morgan fingerprint density at radius 3 is 2.87 bits per heavy atom. The first kappa shape index (κ1) is 9.73. The Balaban J connectivity index is 2.50. The van der Waals surface area contributed by atoms with Crippen LogP contribution in [-0.4, -0.2) is 24.3 Å². The van der Waals surface area contributed by atoms with Crippen LogP contribution in [0.25, 0.3) is 0 Å². The molecule has 0 amide bonds. The van der Waals surface area contributed by atoms with E-state index in [-0.39, 0.29) is 11.4 Å². The van der Waals surface area contributed by atoms with Crippen LogP contribution in [-0.2, 0) is 4.74 Å². The van der Waals surface area contributed by atoms with Crippen molar-refractivity contribution < 1.29 is 19.4 Å². The van der Waals surface area contributed by atoms with E-state index in [0.717, 1.165) is 6.26 Å². The molecule has 0 unspecified atom stereocenters. The third kappa shape index (κ3) is 1.49. The number of fused-ring (bicyclic) bond motifs is 1. The quantitative estimate of drug-likeness (QED) is 0.561. The highest BCUT2D eigenvalue weighted by atomic mass is 16.7. The van der Waals surface area contributed by atoms with Gasteiger partial charge in [0.15, 0.2) is 0 Å². The number of rotatable bonds is 1. The second-order valence-electron chi connectivity index (χ2n) is 3.10. The number of Topliss-reactive ketones (excluding diaryl/α,β-unsaturated/α-hetero) is 1. The van der Waals surface area contributed by atoms with E-state index < -0.39 is 6.29 Å². The number of carbonyl (C=O) groups is 1. The molecule has 1 aliphatic rings. The van der Waals surface area contributed by atoms with Crippen LogP contribution in [0, 0.1) is 0 Å². The lowest BCUT2D eigenvalue weighted by atomic mass is 10.0. The molecule has 1 atom stereocenters. The zero-order valence-corrected chi connectivity index (χ0v) is 8.14. The maximum atomic E-state index is 11.8. The number of aliphatic hydroxyl groups is 1. The van der Waals surface area contributed by atoms with Gasteiger partial charge in [-0.1, -0.05) is 12.1 Å². The highest BCUT2D eigenvalue weighted by Crippen LogP contribution is 2.30. The summed E-state index contributed by atoms with van der Waals surface area (Å²) in [5.41, 5.74) is 0.544. The Morgan fingerprint density at radius 1 is 1.47 bits per heavy atom. The molecule has 1 aromatic rings. The number of benzene rings is 1. The van der Waals surface area contributed by atoms with Crippen molar-refractivity contribution in [2.75, 3.05) is 7.11 Å². The Labute approximate surface area is 86.7 Å². The van der Waals surface area contributed by atoms with Gasteiger partial charge in [0.2, 0.25) is 12.1 Å². The Bertz CT molecular complexity index is 422. The molecular weight excluding hydrogens is 196 g/mol. The van der Waals surface area contributed by atoms with Crippen molar-refractivity contribution in [2.24, 2.45) is 0 Å². The number of ether oxygens (including phenoxy) is 2. The average molecular weight is 206 g/mol. The maximum Gasteiger partial charge on any atom is 0.233 e. The van der Waals surface area contributed by atoms with E-state index in [1.807, 2.05) is 0 Å². The monoisotopic (exact) mass is 206 g/mol. The molecule has 15 heavy (non-hydrogen) atoms. The van der Waals surface area contributed by atoms with Crippen LogP contribution in [0.5, 0.6) is 5.75 Å². The van der Waals surface area contributed by atoms with Gasteiger partial charge in [0.05, 0.1) is 11.8 Å². The molecule has 0 saturated heterocycles. The van der Waals surface area contributed by atoms with Gasteiger partial charge in [0.25, 0.3) is 0 Å². The number of carbonyl (C=O) groups excluding carboxylic acids is 1. The van der Waals surface area contributed by atoms with Gasteiger partial charge in [-0.2, -0.15) is 0 Å². The second-order valence-corrected chi connectivity index (χ2v) is 3.10. The van der Waals surface area contributed by atoms with Crippen LogP contribution in [0.4, 0.5) is 0 Å². The minimum Gasteiger partial charge on any atom is -0.515 e. The summed E-state index contributed by atoms with van der Waals surface area (Å²) in [6, 6.07) is 6.84. The van der Waals surface area contributed by atoms with Crippen molar-refractivity contribution in [3.05, 3.63) is 41.7 Å². The molecule has 0 radical (unpaired) electrons. The summed E-state index contributed by atoms with van der Waals surface area (Å²) >= 11 is 0. The molecule has 4 heteroatoms. The smallest absolute Gasteiger partial charge is 0.233 e. The van der Waals surface area contributed by atoms with Gasteiger partial charge < -0.3 is 14.6 Å². The van der Waals surface area contributed by atoms with E-state index in [1.54, 1.807) is 24.3 Å². The van der Waals surface area contributed by atoms with Crippen LogP contribution in [0.3, 0.4) is 0 Å². The van der Waals surface area contributed by atoms with Crippen molar-refractivity contribution >= 4 is 5.78 Å². The largest absolute Gasteiger partial charge is 0.515 e. The molecule has 2 rings (SSSR count). The van der Waals surface area contributed by atoms with Crippen LogP contribution in [0.2, 0.25) is 0 Å². The first-order valence-corrected chi connectivity index (χ1v) is 4.45. The van der Waals surface area contributed by atoms with Gasteiger partial charge in [-0.05, 0) is 12.1 Å². The number of methoxy groups -OCH3 is 1. The SMILES string of the molecule is CO[C@@H]1Oc2ccccc2C(=O)/C1=C\O. The van der Waals surface area contributed by atoms with Crippen molar-refractivity contribution in [3.63, 3.8) is 0 Å². The lowest BCUT2D eigenvalue weighted by Crippen LogP contribution is -2.31. The molecule has 0 aliphatic carbocycles. The normalized spacial score (nSPS) is 22.3. The third-order valence-electron chi connectivity index (χ3n) is 2.23. The first-order chi connectivity index (χ1) is 7.27. The molecular formula is C11H10O4. The van der Waals surface area contributed by atoms with Gasteiger partial charge in [-0.3, -0.25) is 4.79 Å². The van der Waals surface area contributed by atoms with E-state index in [9.17, 15) is 4.79 Å². The standard InChI is InChI=1S/C11H10O4/c1-14-11-8(6-12)10(13)7-4-2-3-5-9(7)15-11/h2-6,11-12H,1H3/b8-6+/t11-/m1/s1. The summed E-state index contributed by atoms with van der Waals surface area (Å²) in [7, 11) is 1.41. The molecule has 1 aromatic carbocycles. The summed E-state index contributed by atoms with van der Waals surface area (Å²) < 4.78 is 10.3. The third-order valence-corrected chi connectivity index (χ3v) is 2.23. The molecule has 1 heterocycles. The zero-order chi connectivity index (χ0) is 10.8. The molecule has 0 aromatic heterocycles. The van der Waals surface area contributed by atoms with Crippen LogP contribution >= 0.6 is 0 Å². The second kappa shape index (κ2) is 3.74. The van der Waals surface area contributed by atoms with Gasteiger partial charge >= 0.3 is 0 Å². The highest BCUT2D eigenvalue weighted by Gasteiger charge is 2.31. The fourth-order valence-electron chi connectivity index (χ4n) is 1.49. The predicted molar refractivity (Wildman–Crippen MR) is 52.9 cm³/mol. The van der Waals surface area contributed by atoms with E-state index in [1.165, 1.54) is 7.11 Å². The van der Waals surface area contributed by atoms with E-state index in [2.05, 4.69) is 0 Å². The molecule has 0 saturated carbocycles. The van der Waals surface area contributed by atoms with Crippen molar-refractivity contribution in [2.45, 2.75) is 6.29 Å². The van der Waals surface area contributed by atoms with E-state index >= 15 is 0 Å². The van der Waals surface area contributed by atoms with Crippen molar-refractivity contribution in [1.29, 1.82) is 0 Å². The Morgan fingerprint density at radius 2 is 2.20 bits per heavy atom. The summed E-state index contributed by atoms with van der Waals surface area (Å²) in [5, 5.41) is 8.95. The predicted octanol–water partition coefficient (Wildman–Crippen LogP) is 1.68. The minimum atomic E-state index is -0.836. The Hall–Kier alpha value is -1.81. The van der Waals surface area contributed by atoms with Gasteiger partial charge in [-0.15, -0.1) is 0 Å². The molecule has 78 valence electrons. The number of ketones is 1. The Kier molecular flexibility index (Phi) is 2.43. The summed E-state index contributed by atoms with van der Waals surface area (Å²) in [6.45, 7) is 0. The minimum absolute atomic E-state index is 0.108. The van der Waals surface area contributed by atoms with Gasteiger partial charge in [-0.25, -0.2) is 0 Å². The van der Waals surface area contributed by atoms with E-state index in [0.29, 0.717) is 11.3 Å². The molecule has 1 aliphatic heterocycles. The summed E-state index contributed by atoms with van der Waals surface area (Å²) in [6.07, 6.45) is -0.107. The topological polar surface area (TPSA) is 55.8 Å². The summed E-state index contributed by atoms with van der Waals surface area (Å²) in [4.78, 5) is 11.8. The summed E-state index contributed by atoms with van der Waals surface area (Å²) in [5.74, 6) is 0.200. The number of hydrogen-bond donors (Lipinski definition) is 1. The van der Waals surface area contributed by atoms with Crippen LogP contribution < -0.4 is 4.74 Å². The first-order valence-electron chi connectivity index (χ1n) is 4.45. The fraction of sp³-hybridized carbons (Fsp3) is 0.182. The average Bonchev–Trinajstić information content (AvgIpc) is 2.29. The van der Waals surface area contributed by atoms with Crippen molar-refractivity contribution in [1.82, 2.24) is 0 Å². The number of hydrogen-bond acceptors (Lipinski definition) is 4. The number of para-hydroxylation sites is 1. The molecule has 4 nitrogen and oxygen atoms in total.